The number of benzene rings is 2. The largest absolute Gasteiger partial charge is 0.265 e. The van der Waals surface area contributed by atoms with Gasteiger partial charge in [0, 0.05) is 23.6 Å². The normalized spacial score (nSPS) is 11.4. The van der Waals surface area contributed by atoms with Crippen LogP contribution in [0, 0.1) is 19.7 Å². The highest BCUT2D eigenvalue weighted by Gasteiger charge is 2.22. The molecule has 6 heteroatoms. The lowest BCUT2D eigenvalue weighted by atomic mass is 10.00. The van der Waals surface area contributed by atoms with Crippen molar-refractivity contribution >= 4 is 33.2 Å². The molecule has 4 rings (SSSR count). The van der Waals surface area contributed by atoms with Crippen LogP contribution in [0.5, 0.6) is 0 Å². The highest BCUT2D eigenvalue weighted by atomic mass is 35.5. The van der Waals surface area contributed by atoms with E-state index < -0.39 is 0 Å². The summed E-state index contributed by atoms with van der Waals surface area (Å²) in [6, 6.07) is 10.7. The number of fused-ring (bicyclic) bond motifs is 1. The lowest BCUT2D eigenvalue weighted by molar-refractivity contribution is 0.628. The average Bonchev–Trinajstić information content (AvgIpc) is 3.07. The smallest absolute Gasteiger partial charge is 0.124 e. The number of hydrogen-bond donors (Lipinski definition) is 0. The van der Waals surface area contributed by atoms with Gasteiger partial charge in [-0.25, -0.2) is 4.39 Å². The topological polar surface area (TPSA) is 30.7 Å². The molecule has 0 atom stereocenters. The van der Waals surface area contributed by atoms with E-state index in [1.54, 1.807) is 6.07 Å². The van der Waals surface area contributed by atoms with Gasteiger partial charge in [-0.2, -0.15) is 9.47 Å². The van der Waals surface area contributed by atoms with Gasteiger partial charge in [-0.15, -0.1) is 0 Å². The molecule has 0 radical (unpaired) electrons. The van der Waals surface area contributed by atoms with Gasteiger partial charge < -0.3 is 0 Å². The molecule has 0 aliphatic carbocycles. The first kappa shape index (κ1) is 16.2. The van der Waals surface area contributed by atoms with E-state index in [0.29, 0.717) is 5.02 Å². The van der Waals surface area contributed by atoms with Gasteiger partial charge in [-0.1, -0.05) is 23.7 Å². The fourth-order valence-corrected chi connectivity index (χ4v) is 4.30. The van der Waals surface area contributed by atoms with Gasteiger partial charge in [0.1, 0.15) is 11.5 Å². The Bertz CT molecular complexity index is 1110. The quantitative estimate of drug-likeness (QED) is 0.447. The van der Waals surface area contributed by atoms with E-state index in [-0.39, 0.29) is 5.82 Å². The maximum Gasteiger partial charge on any atom is 0.124 e. The first-order valence-corrected chi connectivity index (χ1v) is 8.96. The Kier molecular flexibility index (Phi) is 3.85. The lowest BCUT2D eigenvalue weighted by Crippen LogP contribution is -1.95. The standard InChI is InChI=1S/C19H15ClFN3S/c1-10-4-6-14-16(8-10)25-23-18(14)19-17(11(2)22-24(19)3)13-7-5-12(21)9-15(13)20/h4-9H,1-3H3. The van der Waals surface area contributed by atoms with Crippen molar-refractivity contribution in [3.8, 4) is 22.5 Å². The van der Waals surface area contributed by atoms with E-state index in [9.17, 15) is 4.39 Å². The predicted molar refractivity (Wildman–Crippen MR) is 102 cm³/mol. The van der Waals surface area contributed by atoms with Crippen molar-refractivity contribution in [2.45, 2.75) is 13.8 Å². The van der Waals surface area contributed by atoms with Crippen LogP contribution in [0.1, 0.15) is 11.3 Å². The van der Waals surface area contributed by atoms with Crippen LogP contribution < -0.4 is 0 Å². The first-order chi connectivity index (χ1) is 12.0. The van der Waals surface area contributed by atoms with Crippen molar-refractivity contribution in [3.63, 3.8) is 0 Å². The minimum atomic E-state index is -0.355. The molecular formula is C19H15ClFN3S. The molecule has 2 aromatic heterocycles. The Morgan fingerprint density at radius 3 is 2.68 bits per heavy atom. The van der Waals surface area contributed by atoms with E-state index in [1.165, 1.54) is 29.2 Å². The monoisotopic (exact) mass is 371 g/mol. The molecule has 2 heterocycles. The second-order valence-electron chi connectivity index (χ2n) is 6.09. The second kappa shape index (κ2) is 5.93. The number of rotatable bonds is 2. The van der Waals surface area contributed by atoms with E-state index in [2.05, 4.69) is 34.6 Å². The lowest BCUT2D eigenvalue weighted by Gasteiger charge is -2.08. The van der Waals surface area contributed by atoms with Crippen molar-refractivity contribution in [2.75, 3.05) is 0 Å². The highest BCUT2D eigenvalue weighted by molar-refractivity contribution is 7.13. The maximum atomic E-state index is 13.5. The summed E-state index contributed by atoms with van der Waals surface area (Å²) in [6.07, 6.45) is 0. The number of aryl methyl sites for hydroxylation is 3. The number of halogens is 2. The third kappa shape index (κ3) is 2.64. The minimum absolute atomic E-state index is 0.355. The SMILES string of the molecule is Cc1ccc2c(-c3c(-c4ccc(F)cc4Cl)c(C)nn3C)nsc2c1. The Morgan fingerprint density at radius 1 is 1.12 bits per heavy atom. The third-order valence-corrected chi connectivity index (χ3v) is 5.40. The molecule has 25 heavy (non-hydrogen) atoms. The van der Waals surface area contributed by atoms with Crippen molar-refractivity contribution in [1.29, 1.82) is 0 Å². The van der Waals surface area contributed by atoms with Gasteiger partial charge in [-0.3, -0.25) is 4.68 Å². The zero-order valence-corrected chi connectivity index (χ0v) is 15.5. The van der Waals surface area contributed by atoms with Gasteiger partial charge in [0.25, 0.3) is 0 Å². The summed E-state index contributed by atoms with van der Waals surface area (Å²) in [5.41, 5.74) is 5.45. The maximum absolute atomic E-state index is 13.5. The molecule has 0 unspecified atom stereocenters. The van der Waals surface area contributed by atoms with Crippen LogP contribution in [-0.4, -0.2) is 14.2 Å². The van der Waals surface area contributed by atoms with Crippen LogP contribution in [0.3, 0.4) is 0 Å². The zero-order chi connectivity index (χ0) is 17.7. The van der Waals surface area contributed by atoms with Gasteiger partial charge in [0.2, 0.25) is 0 Å². The molecule has 0 saturated carbocycles. The van der Waals surface area contributed by atoms with E-state index in [0.717, 1.165) is 38.3 Å². The fraction of sp³-hybridized carbons (Fsp3) is 0.158. The molecule has 0 fully saturated rings. The summed E-state index contributed by atoms with van der Waals surface area (Å²) in [6.45, 7) is 3.99. The van der Waals surface area contributed by atoms with Crippen molar-refractivity contribution < 1.29 is 4.39 Å². The molecule has 2 aromatic carbocycles. The van der Waals surface area contributed by atoms with E-state index in [1.807, 2.05) is 18.7 Å². The Balaban J connectivity index is 2.02. The van der Waals surface area contributed by atoms with Crippen LogP contribution in [0.2, 0.25) is 5.02 Å². The summed E-state index contributed by atoms with van der Waals surface area (Å²) in [5.74, 6) is -0.355. The molecule has 0 aliphatic rings. The van der Waals surface area contributed by atoms with Gasteiger partial charge in [0.05, 0.1) is 21.1 Å². The molecule has 0 bridgehead atoms. The minimum Gasteiger partial charge on any atom is -0.265 e. The number of nitrogens with zero attached hydrogens (tertiary/aromatic N) is 3. The van der Waals surface area contributed by atoms with E-state index in [4.69, 9.17) is 11.6 Å². The van der Waals surface area contributed by atoms with Crippen LogP contribution in [-0.2, 0) is 7.05 Å². The molecule has 0 amide bonds. The van der Waals surface area contributed by atoms with E-state index >= 15 is 0 Å². The molecule has 126 valence electrons. The highest BCUT2D eigenvalue weighted by Crippen LogP contribution is 2.41. The molecule has 0 spiro atoms. The van der Waals surface area contributed by atoms with Crippen LogP contribution in [0.25, 0.3) is 32.6 Å². The third-order valence-electron chi connectivity index (χ3n) is 4.27. The van der Waals surface area contributed by atoms with Crippen LogP contribution in [0.15, 0.2) is 36.4 Å². The number of hydrogen-bond acceptors (Lipinski definition) is 3. The molecule has 0 saturated heterocycles. The molecule has 0 N–H and O–H groups in total. The molecule has 4 aromatic rings. The Morgan fingerprint density at radius 2 is 1.92 bits per heavy atom. The summed E-state index contributed by atoms with van der Waals surface area (Å²) < 4.78 is 21.1. The van der Waals surface area contributed by atoms with Crippen molar-refractivity contribution in [1.82, 2.24) is 14.2 Å². The van der Waals surface area contributed by atoms with Crippen LogP contribution >= 0.6 is 23.1 Å². The molecule has 0 aliphatic heterocycles. The molecular weight excluding hydrogens is 357 g/mol. The van der Waals surface area contributed by atoms with Crippen molar-refractivity contribution in [3.05, 3.63) is 58.5 Å². The summed E-state index contributed by atoms with van der Waals surface area (Å²) >= 11 is 7.79. The van der Waals surface area contributed by atoms with Crippen molar-refractivity contribution in [2.24, 2.45) is 7.05 Å². The predicted octanol–water partition coefficient (Wildman–Crippen LogP) is 5.77. The molecule has 3 nitrogen and oxygen atoms in total. The van der Waals surface area contributed by atoms with Gasteiger partial charge in [-0.05, 0) is 55.2 Å². The average molecular weight is 372 g/mol. The Labute approximate surface area is 153 Å². The van der Waals surface area contributed by atoms with Gasteiger partial charge >= 0.3 is 0 Å². The van der Waals surface area contributed by atoms with Crippen LogP contribution in [0.4, 0.5) is 4.39 Å². The summed E-state index contributed by atoms with van der Waals surface area (Å²) in [5, 5.41) is 6.01. The second-order valence-corrected chi connectivity index (χ2v) is 7.30. The summed E-state index contributed by atoms with van der Waals surface area (Å²) in [4.78, 5) is 0. The Hall–Kier alpha value is -2.24. The number of aromatic nitrogens is 3. The first-order valence-electron chi connectivity index (χ1n) is 7.81. The zero-order valence-electron chi connectivity index (χ0n) is 14.0. The van der Waals surface area contributed by atoms with Gasteiger partial charge in [0.15, 0.2) is 0 Å². The summed E-state index contributed by atoms with van der Waals surface area (Å²) in [7, 11) is 1.89. The fourth-order valence-electron chi connectivity index (χ4n) is 3.16.